The highest BCUT2D eigenvalue weighted by Crippen LogP contribution is 2.26. The minimum absolute atomic E-state index is 0.0810. The molecule has 3 N–H and O–H groups in total. The van der Waals surface area contributed by atoms with Gasteiger partial charge in [-0.25, -0.2) is 0 Å². The lowest BCUT2D eigenvalue weighted by molar-refractivity contribution is 0.0907. The van der Waals surface area contributed by atoms with Crippen molar-refractivity contribution in [2.45, 2.75) is 38.8 Å². The molecule has 1 unspecified atom stereocenters. The van der Waals surface area contributed by atoms with Crippen LogP contribution in [0.25, 0.3) is 0 Å². The van der Waals surface area contributed by atoms with Gasteiger partial charge >= 0.3 is 0 Å². The van der Waals surface area contributed by atoms with Crippen molar-refractivity contribution in [3.05, 3.63) is 52.8 Å². The van der Waals surface area contributed by atoms with Gasteiger partial charge in [-0.15, -0.1) is 0 Å². The lowest BCUT2D eigenvalue weighted by atomic mass is 9.95. The summed E-state index contributed by atoms with van der Waals surface area (Å²) in [7, 11) is 0. The minimum Gasteiger partial charge on any atom is -0.349 e. The van der Waals surface area contributed by atoms with Crippen LogP contribution in [0, 0.1) is 5.92 Å². The van der Waals surface area contributed by atoms with E-state index >= 15 is 0 Å². The first-order valence-electron chi connectivity index (χ1n) is 10.1. The van der Waals surface area contributed by atoms with Crippen LogP contribution in [0.2, 0.25) is 0 Å². The number of hydrogen-bond donors (Lipinski definition) is 3. The fourth-order valence-electron chi connectivity index (χ4n) is 4.16. The standard InChI is InChI=1S/C21H29N5O/c1-15-8-11-26(12-9-15)19(16-5-3-2-4-6-16)14-23-21(27)20-17-13-22-10-7-18(17)24-25-20/h2-6,15,19,22H,7-14H2,1H3,(H,23,27)(H,24,25). The van der Waals surface area contributed by atoms with Gasteiger partial charge in [0.2, 0.25) is 0 Å². The number of carbonyl (C=O) groups excluding carboxylic acids is 1. The Morgan fingerprint density at radius 1 is 1.30 bits per heavy atom. The number of carbonyl (C=O) groups is 1. The van der Waals surface area contributed by atoms with E-state index in [0.29, 0.717) is 18.8 Å². The number of aromatic nitrogens is 2. The lowest BCUT2D eigenvalue weighted by Gasteiger charge is -2.37. The van der Waals surface area contributed by atoms with Gasteiger partial charge in [0.1, 0.15) is 0 Å². The minimum atomic E-state index is -0.0810. The molecule has 2 aliphatic heterocycles. The highest BCUT2D eigenvalue weighted by Gasteiger charge is 2.26. The van der Waals surface area contributed by atoms with E-state index in [1.165, 1.54) is 18.4 Å². The first-order chi connectivity index (χ1) is 13.2. The molecule has 0 aliphatic carbocycles. The fourth-order valence-corrected chi connectivity index (χ4v) is 4.16. The summed E-state index contributed by atoms with van der Waals surface area (Å²) in [5.74, 6) is 0.706. The highest BCUT2D eigenvalue weighted by atomic mass is 16.1. The number of hydrogen-bond acceptors (Lipinski definition) is 4. The molecule has 0 saturated carbocycles. The van der Waals surface area contributed by atoms with Gasteiger partial charge < -0.3 is 10.6 Å². The molecule has 3 heterocycles. The van der Waals surface area contributed by atoms with Crippen LogP contribution in [0.15, 0.2) is 30.3 Å². The van der Waals surface area contributed by atoms with Gasteiger partial charge in [0.05, 0.1) is 6.04 Å². The van der Waals surface area contributed by atoms with E-state index in [9.17, 15) is 4.79 Å². The summed E-state index contributed by atoms with van der Waals surface area (Å²) in [5, 5.41) is 13.8. The highest BCUT2D eigenvalue weighted by molar-refractivity contribution is 5.94. The van der Waals surface area contributed by atoms with E-state index in [1.54, 1.807) is 0 Å². The molecule has 1 atom stereocenters. The van der Waals surface area contributed by atoms with Crippen molar-refractivity contribution in [2.24, 2.45) is 5.92 Å². The molecule has 2 aliphatic rings. The van der Waals surface area contributed by atoms with Crippen molar-refractivity contribution in [3.63, 3.8) is 0 Å². The number of H-pyrrole nitrogens is 1. The molecule has 27 heavy (non-hydrogen) atoms. The van der Waals surface area contributed by atoms with Gasteiger partial charge in [-0.05, 0) is 37.4 Å². The summed E-state index contributed by atoms with van der Waals surface area (Å²) < 4.78 is 0. The normalized spacial score (nSPS) is 19.4. The summed E-state index contributed by atoms with van der Waals surface area (Å²) in [6.45, 7) is 6.73. The van der Waals surface area contributed by atoms with Gasteiger partial charge in [0, 0.05) is 37.3 Å². The van der Waals surface area contributed by atoms with Gasteiger partial charge in [0.15, 0.2) is 5.69 Å². The molecule has 0 radical (unpaired) electrons. The maximum Gasteiger partial charge on any atom is 0.272 e. The van der Waals surface area contributed by atoms with Crippen LogP contribution >= 0.6 is 0 Å². The molecule has 2 aromatic rings. The van der Waals surface area contributed by atoms with Crippen LogP contribution in [0.5, 0.6) is 0 Å². The molecular formula is C21H29N5O. The summed E-state index contributed by atoms with van der Waals surface area (Å²) in [4.78, 5) is 15.3. The molecule has 1 aromatic carbocycles. The molecule has 4 rings (SSSR count). The maximum absolute atomic E-state index is 12.8. The van der Waals surface area contributed by atoms with Crippen molar-refractivity contribution in [1.29, 1.82) is 0 Å². The molecule has 6 heteroatoms. The summed E-state index contributed by atoms with van der Waals surface area (Å²) in [6.07, 6.45) is 3.33. The maximum atomic E-state index is 12.8. The van der Waals surface area contributed by atoms with Crippen molar-refractivity contribution in [2.75, 3.05) is 26.2 Å². The average molecular weight is 367 g/mol. The van der Waals surface area contributed by atoms with E-state index in [4.69, 9.17) is 0 Å². The van der Waals surface area contributed by atoms with Crippen molar-refractivity contribution >= 4 is 5.91 Å². The quantitative estimate of drug-likeness (QED) is 0.758. The van der Waals surface area contributed by atoms with Crippen LogP contribution in [-0.2, 0) is 13.0 Å². The lowest BCUT2D eigenvalue weighted by Crippen LogP contribution is -2.42. The Labute approximate surface area is 160 Å². The fraction of sp³-hybridized carbons (Fsp3) is 0.524. The molecule has 1 fully saturated rings. The topological polar surface area (TPSA) is 73.0 Å². The van der Waals surface area contributed by atoms with E-state index < -0.39 is 0 Å². The average Bonchev–Trinajstić information content (AvgIpc) is 3.14. The van der Waals surface area contributed by atoms with Crippen molar-refractivity contribution in [1.82, 2.24) is 25.7 Å². The Balaban J connectivity index is 1.47. The third kappa shape index (κ3) is 4.06. The second kappa shape index (κ2) is 8.23. The zero-order valence-electron chi connectivity index (χ0n) is 16.0. The van der Waals surface area contributed by atoms with Crippen LogP contribution in [0.3, 0.4) is 0 Å². The molecule has 0 bridgehead atoms. The number of nitrogens with one attached hydrogen (secondary N) is 3. The summed E-state index contributed by atoms with van der Waals surface area (Å²) >= 11 is 0. The zero-order valence-corrected chi connectivity index (χ0v) is 16.0. The second-order valence-corrected chi connectivity index (χ2v) is 7.81. The number of likely N-dealkylation sites (tertiary alicyclic amines) is 1. The molecule has 1 saturated heterocycles. The number of fused-ring (bicyclic) bond motifs is 1. The molecular weight excluding hydrogens is 338 g/mol. The molecule has 1 aromatic heterocycles. The number of piperidine rings is 1. The van der Waals surface area contributed by atoms with Crippen LogP contribution in [-0.4, -0.2) is 47.2 Å². The summed E-state index contributed by atoms with van der Waals surface area (Å²) in [5.41, 5.74) is 3.90. The number of nitrogens with zero attached hydrogens (tertiary/aromatic N) is 2. The predicted molar refractivity (Wildman–Crippen MR) is 105 cm³/mol. The second-order valence-electron chi connectivity index (χ2n) is 7.81. The van der Waals surface area contributed by atoms with Crippen molar-refractivity contribution in [3.8, 4) is 0 Å². The third-order valence-corrected chi connectivity index (χ3v) is 5.92. The monoisotopic (exact) mass is 367 g/mol. The van der Waals surface area contributed by atoms with Gasteiger partial charge in [-0.2, -0.15) is 5.10 Å². The van der Waals surface area contributed by atoms with Gasteiger partial charge in [-0.1, -0.05) is 37.3 Å². The molecule has 0 spiro atoms. The van der Waals surface area contributed by atoms with E-state index in [1.807, 2.05) is 6.07 Å². The molecule has 6 nitrogen and oxygen atoms in total. The molecule has 144 valence electrons. The Bertz CT molecular complexity index is 764. The van der Waals surface area contributed by atoms with Gasteiger partial charge in [0.25, 0.3) is 5.91 Å². The number of aromatic amines is 1. The number of rotatable bonds is 5. The van der Waals surface area contributed by atoms with Crippen molar-refractivity contribution < 1.29 is 4.79 Å². The van der Waals surface area contributed by atoms with E-state index in [-0.39, 0.29) is 11.9 Å². The smallest absolute Gasteiger partial charge is 0.272 e. The first-order valence-corrected chi connectivity index (χ1v) is 10.1. The summed E-state index contributed by atoms with van der Waals surface area (Å²) in [6, 6.07) is 10.7. The number of benzene rings is 1. The Morgan fingerprint density at radius 2 is 2.07 bits per heavy atom. The Morgan fingerprint density at radius 3 is 2.85 bits per heavy atom. The first kappa shape index (κ1) is 18.2. The van der Waals surface area contributed by atoms with Crippen LogP contribution < -0.4 is 10.6 Å². The number of amides is 1. The Hall–Kier alpha value is -2.18. The van der Waals surface area contributed by atoms with E-state index in [2.05, 4.69) is 56.9 Å². The third-order valence-electron chi connectivity index (χ3n) is 5.92. The van der Waals surface area contributed by atoms with Gasteiger partial charge in [-0.3, -0.25) is 14.8 Å². The largest absolute Gasteiger partial charge is 0.349 e. The molecule has 1 amide bonds. The Kier molecular flexibility index (Phi) is 5.55. The van der Waals surface area contributed by atoms with Crippen LogP contribution in [0.1, 0.15) is 53.1 Å². The van der Waals surface area contributed by atoms with Crippen LogP contribution in [0.4, 0.5) is 0 Å². The predicted octanol–water partition coefficient (Wildman–Crippen LogP) is 2.26. The zero-order chi connectivity index (χ0) is 18.6. The van der Waals surface area contributed by atoms with E-state index in [0.717, 1.165) is 43.2 Å². The SMILES string of the molecule is CC1CCN(C(CNC(=O)c2n[nH]c3c2CNCC3)c2ccccc2)CC1.